The number of fused-ring (bicyclic) bond motifs is 1. The van der Waals surface area contributed by atoms with E-state index in [1.807, 2.05) is 23.6 Å². The molecule has 0 spiro atoms. The Bertz CT molecular complexity index is 769. The number of aliphatic carboxylic acids is 1. The number of Topliss-reactive ketones (excluding diaryl/α,β-unsaturated/α-hetero) is 1. The van der Waals surface area contributed by atoms with Crippen molar-refractivity contribution >= 4 is 29.0 Å². The molecule has 1 unspecified atom stereocenters. The first-order chi connectivity index (χ1) is 11.6. The van der Waals surface area contributed by atoms with Gasteiger partial charge in [0.2, 0.25) is 5.91 Å². The van der Waals surface area contributed by atoms with Crippen molar-refractivity contribution < 1.29 is 19.5 Å². The summed E-state index contributed by atoms with van der Waals surface area (Å²) in [4.78, 5) is 38.2. The number of carbonyl (C=O) groups excluding carboxylic acids is 2. The molecule has 1 N–H and O–H groups in total. The van der Waals surface area contributed by atoms with E-state index in [1.165, 1.54) is 11.3 Å². The van der Waals surface area contributed by atoms with Crippen molar-refractivity contribution in [2.45, 2.75) is 25.3 Å². The van der Waals surface area contributed by atoms with Crippen LogP contribution in [-0.2, 0) is 16.1 Å². The Labute approximate surface area is 143 Å². The quantitative estimate of drug-likeness (QED) is 0.847. The molecule has 2 aromatic rings. The van der Waals surface area contributed by atoms with E-state index in [0.29, 0.717) is 11.4 Å². The van der Waals surface area contributed by atoms with Crippen molar-refractivity contribution in [2.24, 2.45) is 0 Å². The average molecular weight is 343 g/mol. The minimum Gasteiger partial charge on any atom is -0.481 e. The van der Waals surface area contributed by atoms with Crippen molar-refractivity contribution in [2.75, 3.05) is 6.54 Å². The molecular weight excluding hydrogens is 326 g/mol. The Morgan fingerprint density at radius 2 is 1.92 bits per heavy atom. The van der Waals surface area contributed by atoms with Gasteiger partial charge in [0, 0.05) is 25.9 Å². The fourth-order valence-electron chi connectivity index (χ4n) is 2.95. The molecule has 0 radical (unpaired) electrons. The molecule has 1 aliphatic rings. The first kappa shape index (κ1) is 16.4. The molecule has 0 saturated heterocycles. The normalized spacial score (nSPS) is 16.5. The number of ketones is 1. The van der Waals surface area contributed by atoms with Gasteiger partial charge in [-0.15, -0.1) is 11.3 Å². The second kappa shape index (κ2) is 6.97. The molecule has 1 aliphatic heterocycles. The van der Waals surface area contributed by atoms with E-state index < -0.39 is 11.9 Å². The van der Waals surface area contributed by atoms with E-state index in [4.69, 9.17) is 0 Å². The maximum absolute atomic E-state index is 12.4. The lowest BCUT2D eigenvalue weighted by Crippen LogP contribution is -2.40. The second-order valence-corrected chi connectivity index (χ2v) is 6.71. The maximum atomic E-state index is 12.4. The molecule has 6 heteroatoms. The molecule has 1 atom stereocenters. The minimum absolute atomic E-state index is 0.0504. The SMILES string of the molecule is O=C(CCC(=O)N1Cc2ccccc2C(C(=O)O)C1)c1cccs1. The first-order valence-corrected chi connectivity index (χ1v) is 8.59. The number of hydrogen-bond donors (Lipinski definition) is 1. The van der Waals surface area contributed by atoms with Gasteiger partial charge in [-0.2, -0.15) is 0 Å². The van der Waals surface area contributed by atoms with Gasteiger partial charge in [0.25, 0.3) is 0 Å². The fraction of sp³-hybridized carbons (Fsp3) is 0.278. The van der Waals surface area contributed by atoms with Crippen molar-refractivity contribution in [3.05, 3.63) is 57.8 Å². The van der Waals surface area contributed by atoms with Crippen LogP contribution in [0.15, 0.2) is 41.8 Å². The molecule has 1 aromatic heterocycles. The molecule has 0 aliphatic carbocycles. The van der Waals surface area contributed by atoms with Crippen molar-refractivity contribution in [3.8, 4) is 0 Å². The molecule has 1 aromatic carbocycles. The number of benzene rings is 1. The topological polar surface area (TPSA) is 74.7 Å². The van der Waals surface area contributed by atoms with Gasteiger partial charge in [-0.25, -0.2) is 0 Å². The van der Waals surface area contributed by atoms with Crippen LogP contribution in [-0.4, -0.2) is 34.2 Å². The molecular formula is C18H17NO4S. The lowest BCUT2D eigenvalue weighted by atomic mass is 9.89. The predicted octanol–water partition coefficient (Wildman–Crippen LogP) is 2.92. The van der Waals surface area contributed by atoms with Gasteiger partial charge in [0.15, 0.2) is 5.78 Å². The maximum Gasteiger partial charge on any atom is 0.312 e. The lowest BCUT2D eigenvalue weighted by Gasteiger charge is -2.32. The highest BCUT2D eigenvalue weighted by Gasteiger charge is 2.32. The van der Waals surface area contributed by atoms with Gasteiger partial charge in [0.1, 0.15) is 0 Å². The summed E-state index contributed by atoms with van der Waals surface area (Å²) < 4.78 is 0. The summed E-state index contributed by atoms with van der Waals surface area (Å²) in [7, 11) is 0. The van der Waals surface area contributed by atoms with Crippen LogP contribution in [0, 0.1) is 0 Å². The van der Waals surface area contributed by atoms with E-state index in [-0.39, 0.29) is 31.1 Å². The molecule has 0 bridgehead atoms. The molecule has 2 heterocycles. The molecule has 0 saturated carbocycles. The van der Waals surface area contributed by atoms with E-state index in [2.05, 4.69) is 0 Å². The fourth-order valence-corrected chi connectivity index (χ4v) is 3.64. The highest BCUT2D eigenvalue weighted by Crippen LogP contribution is 2.29. The molecule has 1 amide bonds. The van der Waals surface area contributed by atoms with Crippen LogP contribution in [0.2, 0.25) is 0 Å². The minimum atomic E-state index is -0.936. The average Bonchev–Trinajstić information content (AvgIpc) is 3.12. The highest BCUT2D eigenvalue weighted by molar-refractivity contribution is 7.12. The molecule has 5 nitrogen and oxygen atoms in total. The zero-order valence-electron chi connectivity index (χ0n) is 13.0. The summed E-state index contributed by atoms with van der Waals surface area (Å²) >= 11 is 1.36. The predicted molar refractivity (Wildman–Crippen MR) is 90.1 cm³/mol. The summed E-state index contributed by atoms with van der Waals surface area (Å²) in [5.41, 5.74) is 1.62. The van der Waals surface area contributed by atoms with Crippen LogP contribution in [0.1, 0.15) is 39.6 Å². The van der Waals surface area contributed by atoms with Crippen molar-refractivity contribution in [3.63, 3.8) is 0 Å². The Balaban J connectivity index is 1.68. The standard InChI is InChI=1S/C18H17NO4S/c20-15(16-6-3-9-24-16)7-8-17(21)19-10-12-4-1-2-5-13(12)14(11-19)18(22)23/h1-6,9,14H,7-8,10-11H2,(H,22,23). The summed E-state index contributed by atoms with van der Waals surface area (Å²) in [5, 5.41) is 11.3. The van der Waals surface area contributed by atoms with Crippen LogP contribution in [0.5, 0.6) is 0 Å². The Morgan fingerprint density at radius 3 is 2.62 bits per heavy atom. The van der Waals surface area contributed by atoms with Gasteiger partial charge in [-0.3, -0.25) is 14.4 Å². The van der Waals surface area contributed by atoms with Gasteiger partial charge in [-0.1, -0.05) is 30.3 Å². The third-order valence-electron chi connectivity index (χ3n) is 4.21. The largest absolute Gasteiger partial charge is 0.481 e. The summed E-state index contributed by atoms with van der Waals surface area (Å²) in [6.07, 6.45) is 0.250. The van der Waals surface area contributed by atoms with Crippen LogP contribution < -0.4 is 0 Å². The number of hydrogen-bond acceptors (Lipinski definition) is 4. The lowest BCUT2D eigenvalue weighted by molar-refractivity contribution is -0.141. The number of thiophene rings is 1. The Kier molecular flexibility index (Phi) is 4.76. The van der Waals surface area contributed by atoms with E-state index >= 15 is 0 Å². The summed E-state index contributed by atoms with van der Waals surface area (Å²) in [6, 6.07) is 10.9. The summed E-state index contributed by atoms with van der Waals surface area (Å²) in [6.45, 7) is 0.546. The second-order valence-electron chi connectivity index (χ2n) is 5.76. The monoisotopic (exact) mass is 343 g/mol. The Hall–Kier alpha value is -2.47. The summed E-state index contributed by atoms with van der Waals surface area (Å²) in [5.74, 6) is -1.88. The van der Waals surface area contributed by atoms with Crippen LogP contribution in [0.25, 0.3) is 0 Å². The van der Waals surface area contributed by atoms with E-state index in [9.17, 15) is 19.5 Å². The van der Waals surface area contributed by atoms with E-state index in [0.717, 1.165) is 11.1 Å². The third kappa shape index (κ3) is 3.38. The zero-order chi connectivity index (χ0) is 17.1. The van der Waals surface area contributed by atoms with Crippen LogP contribution in [0.3, 0.4) is 0 Å². The van der Waals surface area contributed by atoms with E-state index in [1.54, 1.807) is 23.1 Å². The Morgan fingerprint density at radius 1 is 1.12 bits per heavy atom. The number of carbonyl (C=O) groups is 3. The number of rotatable bonds is 5. The van der Waals surface area contributed by atoms with Gasteiger partial charge in [-0.05, 0) is 22.6 Å². The molecule has 124 valence electrons. The van der Waals surface area contributed by atoms with Gasteiger partial charge in [0.05, 0.1) is 10.8 Å². The van der Waals surface area contributed by atoms with Crippen LogP contribution >= 0.6 is 11.3 Å². The highest BCUT2D eigenvalue weighted by atomic mass is 32.1. The van der Waals surface area contributed by atoms with Gasteiger partial charge >= 0.3 is 5.97 Å². The number of carboxylic acids is 1. The van der Waals surface area contributed by atoms with Crippen LogP contribution in [0.4, 0.5) is 0 Å². The number of nitrogens with zero attached hydrogens (tertiary/aromatic N) is 1. The molecule has 24 heavy (non-hydrogen) atoms. The van der Waals surface area contributed by atoms with Crippen molar-refractivity contribution in [1.29, 1.82) is 0 Å². The number of carboxylic acid groups (broad SMARTS) is 1. The third-order valence-corrected chi connectivity index (χ3v) is 5.12. The smallest absolute Gasteiger partial charge is 0.312 e. The first-order valence-electron chi connectivity index (χ1n) is 7.71. The van der Waals surface area contributed by atoms with Gasteiger partial charge < -0.3 is 10.0 Å². The zero-order valence-corrected chi connectivity index (χ0v) is 13.8. The van der Waals surface area contributed by atoms with Crippen molar-refractivity contribution in [1.82, 2.24) is 4.90 Å². The molecule has 0 fully saturated rings. The number of amides is 1. The molecule has 3 rings (SSSR count).